The number of nitrogens with zero attached hydrogens (tertiary/aromatic N) is 11. The smallest absolute Gasteiger partial charge is 0.407 e. The first-order valence-corrected chi connectivity index (χ1v) is 50.7. The van der Waals surface area contributed by atoms with Crippen molar-refractivity contribution >= 4 is 6.09 Å². The second-order valence-corrected chi connectivity index (χ2v) is 50.3. The van der Waals surface area contributed by atoms with Gasteiger partial charge in [-0.1, -0.05) is 59.1 Å². The molecule has 125 heavy (non-hydrogen) atoms. The Morgan fingerprint density at radius 2 is 0.808 bits per heavy atom. The number of hydrogen-bond acceptors (Lipinski definition) is 19. The van der Waals surface area contributed by atoms with Crippen molar-refractivity contribution in [3.8, 4) is 0 Å². The van der Waals surface area contributed by atoms with E-state index >= 15 is 0 Å². The lowest BCUT2D eigenvalue weighted by Gasteiger charge is -2.46. The zero-order chi connectivity index (χ0) is 96.3. The van der Waals surface area contributed by atoms with Crippen LogP contribution < -0.4 is 10.6 Å². The minimum absolute atomic E-state index is 0.0000535. The Labute approximate surface area is 777 Å². The Balaban J connectivity index is 0.000000689. The predicted molar refractivity (Wildman–Crippen MR) is 541 cm³/mol. The molecule has 0 aromatic rings. The van der Waals surface area contributed by atoms with E-state index in [1.807, 2.05) is 0 Å². The number of amides is 1. The molecule has 11 rings (SSSR count). The number of methoxy groups -OCH3 is 1. The number of piperazine rings is 1. The molecular formula is C105H219N13O7. The van der Waals surface area contributed by atoms with E-state index in [-0.39, 0.29) is 54.1 Å². The van der Waals surface area contributed by atoms with E-state index in [1.54, 1.807) is 5.57 Å². The van der Waals surface area contributed by atoms with E-state index in [9.17, 15) is 15.0 Å². The molecular weight excluding hydrogens is 1560 g/mol. The van der Waals surface area contributed by atoms with Gasteiger partial charge in [-0.3, -0.25) is 53.9 Å². The fourth-order valence-corrected chi connectivity index (χ4v) is 17.6. The van der Waals surface area contributed by atoms with Gasteiger partial charge in [-0.05, 0) is 382 Å². The summed E-state index contributed by atoms with van der Waals surface area (Å²) in [7, 11) is 1.36. The number of carbonyl (C=O) groups excluding carboxylic acids is 1. The lowest BCUT2D eigenvalue weighted by Crippen LogP contribution is -2.57. The molecule has 11 aliphatic rings. The molecule has 0 radical (unpaired) electrons. The van der Waals surface area contributed by atoms with E-state index in [1.165, 1.54) is 150 Å². The number of nitrogens with one attached hydrogen (secondary N) is 2. The molecule has 20 heteroatoms. The monoisotopic (exact) mass is 1770 g/mol. The minimum Gasteiger partial charge on any atom is -0.453 e. The van der Waals surface area contributed by atoms with E-state index in [0.717, 1.165) is 128 Å². The minimum atomic E-state index is -0.405. The van der Waals surface area contributed by atoms with Gasteiger partial charge in [-0.25, -0.2) is 4.79 Å². The highest BCUT2D eigenvalue weighted by Crippen LogP contribution is 2.31. The predicted octanol–water partition coefficient (Wildman–Crippen LogP) is 19.3. The molecule has 0 spiro atoms. The topological polar surface area (TPSA) is 165 Å². The Morgan fingerprint density at radius 1 is 0.408 bits per heavy atom. The maximum absolute atomic E-state index is 11.1. The van der Waals surface area contributed by atoms with Crippen molar-refractivity contribution in [3.05, 3.63) is 11.6 Å². The van der Waals surface area contributed by atoms with Crippen LogP contribution in [0.15, 0.2) is 11.6 Å². The van der Waals surface area contributed by atoms with Crippen LogP contribution in [0.2, 0.25) is 0 Å². The molecule has 0 bridgehead atoms. The average Bonchev–Trinajstić information content (AvgIpc) is 1.81. The van der Waals surface area contributed by atoms with Gasteiger partial charge in [0.1, 0.15) is 0 Å². The average molecular weight is 1780 g/mol. The number of piperidine rings is 2. The molecule has 0 aliphatic carbocycles. The molecule has 0 aromatic carbocycles. The van der Waals surface area contributed by atoms with Gasteiger partial charge in [0, 0.05) is 184 Å². The number of β-amino-alcohol motifs (C(OH)–C–C–N with tert-alkyl or cyclic N) is 1. The third-order valence-corrected chi connectivity index (χ3v) is 27.0. The van der Waals surface area contributed by atoms with E-state index in [0.29, 0.717) is 56.5 Å². The van der Waals surface area contributed by atoms with Crippen molar-refractivity contribution < 1.29 is 34.3 Å². The van der Waals surface area contributed by atoms with Gasteiger partial charge < -0.3 is 40.2 Å². The van der Waals surface area contributed by atoms with Crippen molar-refractivity contribution in [1.29, 1.82) is 0 Å². The molecule has 10 saturated heterocycles. The summed E-state index contributed by atoms with van der Waals surface area (Å²) < 4.78 is 15.6. The van der Waals surface area contributed by atoms with Crippen LogP contribution in [0, 0.1) is 23.7 Å². The van der Waals surface area contributed by atoms with Gasteiger partial charge in [0.25, 0.3) is 0 Å². The van der Waals surface area contributed by atoms with Crippen molar-refractivity contribution in [2.24, 2.45) is 23.7 Å². The van der Waals surface area contributed by atoms with Crippen molar-refractivity contribution in [2.75, 3.05) is 178 Å². The van der Waals surface area contributed by atoms with Gasteiger partial charge in [0.15, 0.2) is 0 Å². The molecule has 0 aromatic heterocycles. The maximum Gasteiger partial charge on any atom is 0.407 e. The highest BCUT2D eigenvalue weighted by atomic mass is 16.5. The van der Waals surface area contributed by atoms with Crippen LogP contribution in [-0.4, -0.2) is 350 Å². The summed E-state index contributed by atoms with van der Waals surface area (Å²) in [5.74, 6) is 3.73. The molecule has 1 amide bonds. The van der Waals surface area contributed by atoms with E-state index in [2.05, 4.69) is 352 Å². The normalized spacial score (nSPS) is 26.0. The van der Waals surface area contributed by atoms with Crippen LogP contribution in [0.1, 0.15) is 367 Å². The zero-order valence-corrected chi connectivity index (χ0v) is 91.0. The third kappa shape index (κ3) is 52.1. The number of hydrogen-bond donors (Lipinski definition) is 5. The summed E-state index contributed by atoms with van der Waals surface area (Å²) in [6, 6.07) is 0.434. The fraction of sp³-hybridized carbons (Fsp3) is 0.971. The standard InChI is InChI=1S/C11H22N2O3.2C10H21NO.C10H21N.C10H19N.2C10H21N.C9H20N2O.C9H19NO.2C8H17N/c1-11(2,3)13-6-8(5-9(13)7-14)12-10(15)16-4;1-10(2,3)11-7-5-4-6-9(12)8-11;1-5-9-8-11(6-7-12-9)10(2,3)4;2*1-9-5-7-11(8-6-9)10(2,3)4;1-9-6-5-7-11(8-9)10(2,3)4;1-10(2,3)11-8-6-4-5-7-9-11;1-9(2,3)11-5-4-10-8(6-11)7-12;1-8-7-10(5-6-11-8)9(2,3)4;2*1-7-5-9(6-7)8(2,3)4/h8-9,14H,5-7H2,1-4H3,(H,12,15);9,12H,4-8H2,1-3H3;9H,5-8H2,1-4H3;9H,5-8H2,1-4H3;5H,6-8H2,1-4H3;9H,5-8H2,1-4H3;4-9H2,1-3H3;8,10,12H,4-7H2,1-3H3;8H,5-7H2,1-4H3;2*7H,5-6H2,1-4H3. The van der Waals surface area contributed by atoms with Gasteiger partial charge >= 0.3 is 6.09 Å². The lowest BCUT2D eigenvalue weighted by atomic mass is 9.94. The SMILES string of the molecule is CC(C)(C)N1CCCCC(O)C1.CC(C)(C)N1CCCCCC1.CC(C)(C)N1CCNC(CO)C1.CC1=CCN(C(C)(C)C)CC1.CC1CCCN(C(C)(C)C)C1.CC1CCN(C(C)(C)C)CC1.CC1CN(C(C)(C)C)C1.CC1CN(C(C)(C)C)C1.CC1CN(C(C)(C)C)CCO1.CCC1CN(C(C)(C)C)CCO1.COC(=O)NC1CC(CO)N(C(C)(C)C)C1. The number of rotatable bonds is 4. The van der Waals surface area contributed by atoms with Crippen LogP contribution in [0.5, 0.6) is 0 Å². The third-order valence-electron chi connectivity index (χ3n) is 27.0. The van der Waals surface area contributed by atoms with Crippen molar-refractivity contribution in [1.82, 2.24) is 64.5 Å². The Morgan fingerprint density at radius 3 is 1.17 bits per heavy atom. The van der Waals surface area contributed by atoms with Gasteiger partial charge in [-0.2, -0.15) is 0 Å². The molecule has 10 fully saturated rings. The van der Waals surface area contributed by atoms with Crippen molar-refractivity contribution in [2.45, 2.75) is 464 Å². The largest absolute Gasteiger partial charge is 0.453 e. The summed E-state index contributed by atoms with van der Waals surface area (Å²) in [4.78, 5) is 38.4. The second kappa shape index (κ2) is 56.0. The molecule has 5 N–H and O–H groups in total. The lowest BCUT2D eigenvalue weighted by molar-refractivity contribution is -0.0588. The maximum atomic E-state index is 11.1. The number of aliphatic hydroxyl groups is 3. The summed E-state index contributed by atoms with van der Waals surface area (Å²) in [5.41, 5.74) is 4.93. The van der Waals surface area contributed by atoms with Crippen LogP contribution in [0.4, 0.5) is 4.79 Å². The molecule has 11 heterocycles. The molecule has 7 atom stereocenters. The van der Waals surface area contributed by atoms with Gasteiger partial charge in [-0.15, -0.1) is 0 Å². The first kappa shape index (κ1) is 121. The summed E-state index contributed by atoms with van der Waals surface area (Å²) in [6.07, 6.45) is 20.5. The Kier molecular flexibility index (Phi) is 54.4. The quantitative estimate of drug-likeness (QED) is 0.169. The molecule has 20 nitrogen and oxygen atoms in total. The fourth-order valence-electron chi connectivity index (χ4n) is 17.6. The highest BCUT2D eigenvalue weighted by Gasteiger charge is 2.40. The number of likely N-dealkylation sites (tertiary alicyclic amines) is 7. The summed E-state index contributed by atoms with van der Waals surface area (Å²) in [5, 5.41) is 33.9. The molecule has 0 saturated carbocycles. The first-order chi connectivity index (χ1) is 57.1. The summed E-state index contributed by atoms with van der Waals surface area (Å²) in [6.45, 7) is 118. The second-order valence-electron chi connectivity index (χ2n) is 50.3. The molecule has 11 aliphatic heterocycles. The van der Waals surface area contributed by atoms with Gasteiger partial charge in [0.05, 0.1) is 51.8 Å². The highest BCUT2D eigenvalue weighted by molar-refractivity contribution is 5.67. The van der Waals surface area contributed by atoms with Crippen molar-refractivity contribution in [3.63, 3.8) is 0 Å². The Bertz CT molecular complexity index is 2690. The van der Waals surface area contributed by atoms with E-state index < -0.39 is 6.09 Å². The summed E-state index contributed by atoms with van der Waals surface area (Å²) >= 11 is 0. The van der Waals surface area contributed by atoms with E-state index in [4.69, 9.17) is 14.6 Å². The number of aliphatic hydroxyl groups excluding tert-OH is 3. The van der Waals surface area contributed by atoms with Crippen LogP contribution in [0.25, 0.3) is 0 Å². The number of morpholine rings is 2. The number of carbonyl (C=O) groups is 1. The van der Waals surface area contributed by atoms with Crippen LogP contribution in [0.3, 0.4) is 0 Å². The number of ether oxygens (including phenoxy) is 3. The first-order valence-electron chi connectivity index (χ1n) is 50.7. The molecule has 7 unspecified atom stereocenters. The van der Waals surface area contributed by atoms with Gasteiger partial charge in [0.2, 0.25) is 0 Å². The number of alkyl carbamates (subject to hydrolysis) is 1. The van der Waals surface area contributed by atoms with Crippen LogP contribution >= 0.6 is 0 Å². The molecule has 746 valence electrons. The zero-order valence-electron chi connectivity index (χ0n) is 91.0. The Hall–Kier alpha value is -1.67. The van der Waals surface area contributed by atoms with Crippen LogP contribution in [-0.2, 0) is 14.2 Å².